The third-order valence-corrected chi connectivity index (χ3v) is 4.77. The Kier molecular flexibility index (Phi) is 1.77. The Hall–Kier alpha value is -1.62. The number of aromatic amines is 1. The van der Waals surface area contributed by atoms with Gasteiger partial charge in [0.2, 0.25) is 0 Å². The highest BCUT2D eigenvalue weighted by molar-refractivity contribution is 7.91. The van der Waals surface area contributed by atoms with Crippen LogP contribution in [-0.2, 0) is 16.3 Å². The van der Waals surface area contributed by atoms with Crippen LogP contribution in [0.2, 0.25) is 0 Å². The molecule has 0 aliphatic carbocycles. The number of aromatic nitrogens is 1. The van der Waals surface area contributed by atoms with Gasteiger partial charge in [-0.05, 0) is 30.2 Å². The first kappa shape index (κ1) is 9.59. The highest BCUT2D eigenvalue weighted by Crippen LogP contribution is 2.32. The number of H-pyrrole nitrogens is 1. The summed E-state index contributed by atoms with van der Waals surface area (Å²) in [6.45, 7) is 0. The van der Waals surface area contributed by atoms with E-state index >= 15 is 0 Å². The molecule has 0 radical (unpaired) electrons. The standard InChI is InChI=1S/C11H9NO3S/c13-6-7-5-9-8-3-4-16(14,15)11(8)2-1-10(9)12-7/h1-2,5-6,12H,3-4H2. The van der Waals surface area contributed by atoms with E-state index in [0.717, 1.165) is 22.8 Å². The van der Waals surface area contributed by atoms with Gasteiger partial charge in [-0.15, -0.1) is 0 Å². The number of hydrogen-bond donors (Lipinski definition) is 1. The number of nitrogens with one attached hydrogen (secondary N) is 1. The Morgan fingerprint density at radius 3 is 2.88 bits per heavy atom. The van der Waals surface area contributed by atoms with Crippen molar-refractivity contribution >= 4 is 27.0 Å². The van der Waals surface area contributed by atoms with Crippen molar-refractivity contribution in [1.82, 2.24) is 4.98 Å². The maximum Gasteiger partial charge on any atom is 0.179 e. The number of benzene rings is 1. The molecule has 0 amide bonds. The minimum Gasteiger partial charge on any atom is -0.352 e. The number of aldehydes is 1. The Labute approximate surface area is 92.2 Å². The summed E-state index contributed by atoms with van der Waals surface area (Å²) in [5.74, 6) is 0.170. The van der Waals surface area contributed by atoms with Gasteiger partial charge < -0.3 is 4.98 Å². The molecule has 0 bridgehead atoms. The van der Waals surface area contributed by atoms with Gasteiger partial charge >= 0.3 is 0 Å². The topological polar surface area (TPSA) is 67.0 Å². The predicted octanol–water partition coefficient (Wildman–Crippen LogP) is 1.31. The van der Waals surface area contributed by atoms with Gasteiger partial charge in [-0.25, -0.2) is 8.42 Å². The van der Waals surface area contributed by atoms with Crippen molar-refractivity contribution in [2.45, 2.75) is 11.3 Å². The average Bonchev–Trinajstić information content (AvgIpc) is 2.79. The first-order valence-corrected chi connectivity index (χ1v) is 6.59. The molecule has 0 atom stereocenters. The number of carbonyl (C=O) groups excluding carboxylic acids is 1. The van der Waals surface area contributed by atoms with Crippen LogP contribution in [0.4, 0.5) is 0 Å². The lowest BCUT2D eigenvalue weighted by Gasteiger charge is -1.98. The van der Waals surface area contributed by atoms with Crippen molar-refractivity contribution < 1.29 is 13.2 Å². The van der Waals surface area contributed by atoms with E-state index in [0.29, 0.717) is 17.0 Å². The van der Waals surface area contributed by atoms with Gasteiger partial charge in [-0.3, -0.25) is 4.79 Å². The van der Waals surface area contributed by atoms with E-state index in [9.17, 15) is 13.2 Å². The first-order valence-electron chi connectivity index (χ1n) is 4.94. The molecular weight excluding hydrogens is 226 g/mol. The van der Waals surface area contributed by atoms with Crippen LogP contribution in [0.1, 0.15) is 16.1 Å². The minimum atomic E-state index is -3.10. The van der Waals surface area contributed by atoms with Crippen LogP contribution in [0.3, 0.4) is 0 Å². The molecule has 2 heterocycles. The summed E-state index contributed by atoms with van der Waals surface area (Å²) in [7, 11) is -3.10. The number of fused-ring (bicyclic) bond motifs is 3. The number of hydrogen-bond acceptors (Lipinski definition) is 3. The SMILES string of the molecule is O=Cc1cc2c3c(ccc2[nH]1)S(=O)(=O)CC3. The molecule has 3 rings (SSSR count). The highest BCUT2D eigenvalue weighted by Gasteiger charge is 2.27. The summed E-state index contributed by atoms with van der Waals surface area (Å²) in [5.41, 5.74) is 2.13. The summed E-state index contributed by atoms with van der Waals surface area (Å²) in [5, 5.41) is 0.848. The zero-order valence-electron chi connectivity index (χ0n) is 8.36. The molecular formula is C11H9NO3S. The van der Waals surface area contributed by atoms with Crippen molar-refractivity contribution in [3.05, 3.63) is 29.5 Å². The van der Waals surface area contributed by atoms with E-state index in [4.69, 9.17) is 0 Å². The number of rotatable bonds is 1. The van der Waals surface area contributed by atoms with Gasteiger partial charge in [0.05, 0.1) is 16.3 Å². The zero-order valence-corrected chi connectivity index (χ0v) is 9.17. The second kappa shape index (κ2) is 2.95. The zero-order chi connectivity index (χ0) is 11.3. The molecule has 1 aromatic heterocycles. The van der Waals surface area contributed by atoms with Crippen LogP contribution in [0.25, 0.3) is 10.9 Å². The van der Waals surface area contributed by atoms with Crippen molar-refractivity contribution in [3.63, 3.8) is 0 Å². The summed E-state index contributed by atoms with van der Waals surface area (Å²) >= 11 is 0. The maximum absolute atomic E-state index is 11.7. The van der Waals surface area contributed by atoms with E-state index in [1.807, 2.05) is 0 Å². The molecule has 1 aromatic carbocycles. The number of sulfone groups is 1. The van der Waals surface area contributed by atoms with Gasteiger partial charge in [0.25, 0.3) is 0 Å². The van der Waals surface area contributed by atoms with Crippen LogP contribution in [0.15, 0.2) is 23.1 Å². The Balaban J connectivity index is 2.42. The summed E-state index contributed by atoms with van der Waals surface area (Å²) in [4.78, 5) is 14.0. The number of aryl methyl sites for hydroxylation is 1. The minimum absolute atomic E-state index is 0.170. The van der Waals surface area contributed by atoms with E-state index in [2.05, 4.69) is 4.98 Å². The summed E-state index contributed by atoms with van der Waals surface area (Å²) in [6, 6.07) is 5.04. The van der Waals surface area contributed by atoms with E-state index < -0.39 is 9.84 Å². The fourth-order valence-corrected chi connectivity index (χ4v) is 3.78. The van der Waals surface area contributed by atoms with Crippen LogP contribution >= 0.6 is 0 Å². The largest absolute Gasteiger partial charge is 0.352 e. The highest BCUT2D eigenvalue weighted by atomic mass is 32.2. The normalized spacial score (nSPS) is 17.5. The fraction of sp³-hybridized carbons (Fsp3) is 0.182. The first-order chi connectivity index (χ1) is 7.62. The molecule has 0 unspecified atom stereocenters. The lowest BCUT2D eigenvalue weighted by molar-refractivity contribution is 0.112. The summed E-state index contributed by atoms with van der Waals surface area (Å²) in [6.07, 6.45) is 1.26. The van der Waals surface area contributed by atoms with Crippen molar-refractivity contribution in [2.75, 3.05) is 5.75 Å². The molecule has 1 aliphatic heterocycles. The molecule has 0 fully saturated rings. The van der Waals surface area contributed by atoms with Crippen LogP contribution in [-0.4, -0.2) is 25.4 Å². The quantitative estimate of drug-likeness (QED) is 0.758. The smallest absolute Gasteiger partial charge is 0.179 e. The Morgan fingerprint density at radius 1 is 1.31 bits per heavy atom. The Bertz CT molecular complexity index is 697. The van der Waals surface area contributed by atoms with Gasteiger partial charge in [0, 0.05) is 10.9 Å². The molecule has 16 heavy (non-hydrogen) atoms. The molecule has 0 spiro atoms. The summed E-state index contributed by atoms with van der Waals surface area (Å²) < 4.78 is 23.4. The molecule has 5 heteroatoms. The van der Waals surface area contributed by atoms with E-state index in [1.54, 1.807) is 18.2 Å². The van der Waals surface area contributed by atoms with Gasteiger partial charge in [-0.1, -0.05) is 0 Å². The monoisotopic (exact) mass is 235 g/mol. The van der Waals surface area contributed by atoms with Crippen LogP contribution in [0.5, 0.6) is 0 Å². The van der Waals surface area contributed by atoms with Crippen LogP contribution in [0, 0.1) is 0 Å². The second-order valence-corrected chi connectivity index (χ2v) is 5.99. The van der Waals surface area contributed by atoms with Crippen molar-refractivity contribution in [2.24, 2.45) is 0 Å². The lowest BCUT2D eigenvalue weighted by Crippen LogP contribution is -1.98. The lowest BCUT2D eigenvalue weighted by atomic mass is 10.1. The second-order valence-electron chi connectivity index (χ2n) is 3.91. The molecule has 1 aliphatic rings. The van der Waals surface area contributed by atoms with Gasteiger partial charge in [-0.2, -0.15) is 0 Å². The fourth-order valence-electron chi connectivity index (χ4n) is 2.22. The average molecular weight is 235 g/mol. The third kappa shape index (κ3) is 1.15. The van der Waals surface area contributed by atoms with Crippen molar-refractivity contribution in [3.8, 4) is 0 Å². The maximum atomic E-state index is 11.7. The van der Waals surface area contributed by atoms with Crippen LogP contribution < -0.4 is 0 Å². The van der Waals surface area contributed by atoms with E-state index in [1.165, 1.54) is 0 Å². The molecule has 82 valence electrons. The molecule has 0 saturated heterocycles. The molecule has 4 nitrogen and oxygen atoms in total. The van der Waals surface area contributed by atoms with Crippen molar-refractivity contribution in [1.29, 1.82) is 0 Å². The number of carbonyl (C=O) groups is 1. The van der Waals surface area contributed by atoms with Gasteiger partial charge in [0.1, 0.15) is 0 Å². The predicted molar refractivity (Wildman–Crippen MR) is 59.4 cm³/mol. The molecule has 2 aromatic rings. The van der Waals surface area contributed by atoms with E-state index in [-0.39, 0.29) is 5.75 Å². The molecule has 1 N–H and O–H groups in total. The Morgan fingerprint density at radius 2 is 2.12 bits per heavy atom. The molecule has 0 saturated carbocycles. The van der Waals surface area contributed by atoms with Gasteiger partial charge in [0.15, 0.2) is 16.1 Å². The third-order valence-electron chi connectivity index (χ3n) is 2.98.